The second-order valence-corrected chi connectivity index (χ2v) is 6.91. The molecule has 0 aliphatic rings. The number of imidazole rings is 1. The highest BCUT2D eigenvalue weighted by molar-refractivity contribution is 6.35. The van der Waals surface area contributed by atoms with Crippen molar-refractivity contribution in [2.24, 2.45) is 0 Å². The molecule has 0 fully saturated rings. The summed E-state index contributed by atoms with van der Waals surface area (Å²) in [7, 11) is 0. The van der Waals surface area contributed by atoms with Crippen LogP contribution in [0.3, 0.4) is 0 Å². The summed E-state index contributed by atoms with van der Waals surface area (Å²) in [4.78, 5) is 29.4. The van der Waals surface area contributed by atoms with E-state index in [0.717, 1.165) is 10.9 Å². The fraction of sp³-hybridized carbons (Fsp3) is 0.100. The number of hydrogen-bond donors (Lipinski definition) is 2. The number of halogens is 1. The largest absolute Gasteiger partial charge is 0.362 e. The molecule has 0 spiro atoms. The average molecular weight is 403 g/mol. The quantitative estimate of drug-likeness (QED) is 0.464. The van der Waals surface area contributed by atoms with Gasteiger partial charge in [0.15, 0.2) is 17.3 Å². The van der Waals surface area contributed by atoms with Crippen LogP contribution in [0.25, 0.3) is 33.6 Å². The SMILES string of the molecule is C[C@H](Nc1ncnc2[nH]cnc12)c1cc2cccc(Cl)c2nc1-c1ncccn1. The summed E-state index contributed by atoms with van der Waals surface area (Å²) in [6.07, 6.45) is 6.48. The van der Waals surface area contributed by atoms with Gasteiger partial charge in [0, 0.05) is 23.3 Å². The number of hydrogen-bond acceptors (Lipinski definition) is 7. The van der Waals surface area contributed by atoms with E-state index in [4.69, 9.17) is 16.6 Å². The van der Waals surface area contributed by atoms with Crippen LogP contribution in [-0.2, 0) is 0 Å². The molecular formula is C20H15ClN8. The topological polar surface area (TPSA) is 105 Å². The Morgan fingerprint density at radius 1 is 1.00 bits per heavy atom. The molecule has 9 heteroatoms. The molecule has 142 valence electrons. The Kier molecular flexibility index (Phi) is 4.25. The van der Waals surface area contributed by atoms with E-state index in [2.05, 4.69) is 41.3 Å². The van der Waals surface area contributed by atoms with Crippen LogP contribution in [0, 0.1) is 0 Å². The minimum absolute atomic E-state index is 0.153. The first-order valence-electron chi connectivity index (χ1n) is 8.98. The highest BCUT2D eigenvalue weighted by atomic mass is 35.5. The van der Waals surface area contributed by atoms with E-state index >= 15 is 0 Å². The van der Waals surface area contributed by atoms with Gasteiger partial charge in [-0.2, -0.15) is 0 Å². The van der Waals surface area contributed by atoms with Gasteiger partial charge in [-0.15, -0.1) is 0 Å². The maximum absolute atomic E-state index is 6.38. The molecule has 1 aromatic carbocycles. The number of pyridine rings is 1. The normalized spacial score (nSPS) is 12.3. The minimum Gasteiger partial charge on any atom is -0.362 e. The third kappa shape index (κ3) is 3.13. The third-order valence-corrected chi connectivity index (χ3v) is 4.95. The van der Waals surface area contributed by atoms with E-state index in [9.17, 15) is 0 Å². The number of benzene rings is 1. The number of nitrogens with zero attached hydrogens (tertiary/aromatic N) is 6. The van der Waals surface area contributed by atoms with Crippen LogP contribution in [0.2, 0.25) is 5.02 Å². The van der Waals surface area contributed by atoms with Crippen molar-refractivity contribution in [2.75, 3.05) is 5.32 Å². The summed E-state index contributed by atoms with van der Waals surface area (Å²) in [5.41, 5.74) is 3.65. The molecule has 2 N–H and O–H groups in total. The summed E-state index contributed by atoms with van der Waals surface area (Å²) < 4.78 is 0. The van der Waals surface area contributed by atoms with Crippen molar-refractivity contribution in [3.63, 3.8) is 0 Å². The van der Waals surface area contributed by atoms with Gasteiger partial charge in [0.2, 0.25) is 0 Å². The Labute approximate surface area is 170 Å². The monoisotopic (exact) mass is 402 g/mol. The first-order valence-corrected chi connectivity index (χ1v) is 9.35. The van der Waals surface area contributed by atoms with Crippen molar-refractivity contribution in [1.82, 2.24) is 34.9 Å². The smallest absolute Gasteiger partial charge is 0.178 e. The van der Waals surface area contributed by atoms with Crippen LogP contribution < -0.4 is 5.32 Å². The van der Waals surface area contributed by atoms with Crippen LogP contribution >= 0.6 is 11.6 Å². The zero-order valence-corrected chi connectivity index (χ0v) is 16.1. The van der Waals surface area contributed by atoms with Crippen molar-refractivity contribution in [3.8, 4) is 11.5 Å². The summed E-state index contributed by atoms with van der Waals surface area (Å²) >= 11 is 6.38. The summed E-state index contributed by atoms with van der Waals surface area (Å²) in [5, 5.41) is 4.94. The minimum atomic E-state index is -0.153. The molecule has 0 bridgehead atoms. The molecular weight excluding hydrogens is 388 g/mol. The zero-order valence-electron chi connectivity index (χ0n) is 15.3. The number of rotatable bonds is 4. The summed E-state index contributed by atoms with van der Waals surface area (Å²) in [6, 6.07) is 9.39. The Balaban J connectivity index is 1.65. The van der Waals surface area contributed by atoms with Gasteiger partial charge in [0.05, 0.1) is 22.9 Å². The molecule has 5 rings (SSSR count). The van der Waals surface area contributed by atoms with E-state index in [0.29, 0.717) is 39.0 Å². The standard InChI is InChI=1S/C20H15ClN8/c1-11(28-20-17-19(25-9-24-17)26-10-27-20)13-8-12-4-2-5-14(21)15(12)29-16(13)18-22-6-3-7-23-18/h2-11H,1H3,(H2,24,25,26,27,28)/t11-/m0/s1. The number of para-hydroxylation sites is 1. The lowest BCUT2D eigenvalue weighted by molar-refractivity contribution is 0.869. The zero-order chi connectivity index (χ0) is 19.8. The number of anilines is 1. The molecule has 4 heterocycles. The van der Waals surface area contributed by atoms with Crippen LogP contribution in [0.4, 0.5) is 5.82 Å². The van der Waals surface area contributed by atoms with Crippen molar-refractivity contribution >= 4 is 39.5 Å². The molecule has 5 aromatic rings. The molecule has 0 aliphatic heterocycles. The number of aromatic amines is 1. The Bertz CT molecular complexity index is 1320. The molecule has 0 amide bonds. The van der Waals surface area contributed by atoms with Crippen molar-refractivity contribution in [2.45, 2.75) is 13.0 Å². The van der Waals surface area contributed by atoms with Gasteiger partial charge >= 0.3 is 0 Å². The van der Waals surface area contributed by atoms with E-state index < -0.39 is 0 Å². The molecule has 29 heavy (non-hydrogen) atoms. The first-order chi connectivity index (χ1) is 14.2. The van der Waals surface area contributed by atoms with Gasteiger partial charge in [0.25, 0.3) is 0 Å². The predicted octanol–water partition coefficient (Wildman–Crippen LogP) is 4.18. The molecule has 0 radical (unpaired) electrons. The van der Waals surface area contributed by atoms with E-state index in [1.54, 1.807) is 24.8 Å². The number of fused-ring (bicyclic) bond motifs is 2. The molecule has 4 aromatic heterocycles. The number of nitrogens with one attached hydrogen (secondary N) is 2. The molecule has 1 atom stereocenters. The van der Waals surface area contributed by atoms with Gasteiger partial charge < -0.3 is 10.3 Å². The Morgan fingerprint density at radius 2 is 1.86 bits per heavy atom. The van der Waals surface area contributed by atoms with Gasteiger partial charge in [-0.3, -0.25) is 0 Å². The van der Waals surface area contributed by atoms with Crippen LogP contribution in [-0.4, -0.2) is 34.9 Å². The number of aromatic nitrogens is 7. The lowest BCUT2D eigenvalue weighted by atomic mass is 10.0. The Morgan fingerprint density at radius 3 is 2.72 bits per heavy atom. The van der Waals surface area contributed by atoms with Crippen LogP contribution in [0.15, 0.2) is 55.4 Å². The molecule has 0 unspecified atom stereocenters. The molecule has 8 nitrogen and oxygen atoms in total. The molecule has 0 saturated carbocycles. The van der Waals surface area contributed by atoms with E-state index in [1.807, 2.05) is 25.1 Å². The van der Waals surface area contributed by atoms with Gasteiger partial charge in [-0.25, -0.2) is 29.9 Å². The van der Waals surface area contributed by atoms with Crippen molar-refractivity contribution < 1.29 is 0 Å². The number of H-pyrrole nitrogens is 1. The Hall–Kier alpha value is -3.65. The van der Waals surface area contributed by atoms with Crippen LogP contribution in [0.1, 0.15) is 18.5 Å². The first kappa shape index (κ1) is 17.4. The molecule has 0 saturated heterocycles. The van der Waals surface area contributed by atoms with Gasteiger partial charge in [0.1, 0.15) is 17.5 Å². The predicted molar refractivity (Wildman–Crippen MR) is 112 cm³/mol. The fourth-order valence-electron chi connectivity index (χ4n) is 3.26. The maximum atomic E-state index is 6.38. The van der Waals surface area contributed by atoms with Crippen LogP contribution in [0.5, 0.6) is 0 Å². The van der Waals surface area contributed by atoms with Gasteiger partial charge in [-0.05, 0) is 25.1 Å². The average Bonchev–Trinajstić information content (AvgIpc) is 3.24. The summed E-state index contributed by atoms with van der Waals surface area (Å²) in [5.74, 6) is 1.17. The van der Waals surface area contributed by atoms with Crippen molar-refractivity contribution in [3.05, 3.63) is 66.0 Å². The highest BCUT2D eigenvalue weighted by Crippen LogP contribution is 2.32. The lowest BCUT2D eigenvalue weighted by Crippen LogP contribution is -2.11. The lowest BCUT2D eigenvalue weighted by Gasteiger charge is -2.18. The second-order valence-electron chi connectivity index (χ2n) is 6.50. The maximum Gasteiger partial charge on any atom is 0.178 e. The van der Waals surface area contributed by atoms with E-state index in [-0.39, 0.29) is 6.04 Å². The van der Waals surface area contributed by atoms with Gasteiger partial charge in [-0.1, -0.05) is 23.7 Å². The highest BCUT2D eigenvalue weighted by Gasteiger charge is 2.19. The third-order valence-electron chi connectivity index (χ3n) is 4.64. The second kappa shape index (κ2) is 7.06. The molecule has 0 aliphatic carbocycles. The van der Waals surface area contributed by atoms with Crippen molar-refractivity contribution in [1.29, 1.82) is 0 Å². The fourth-order valence-corrected chi connectivity index (χ4v) is 3.49. The summed E-state index contributed by atoms with van der Waals surface area (Å²) in [6.45, 7) is 2.03. The van der Waals surface area contributed by atoms with E-state index in [1.165, 1.54) is 6.33 Å².